The lowest BCUT2D eigenvalue weighted by Gasteiger charge is -2.10. The number of pyridine rings is 1. The molecule has 1 N–H and O–H groups in total. The number of benzene rings is 2. The van der Waals surface area contributed by atoms with Gasteiger partial charge in [0.2, 0.25) is 0 Å². The summed E-state index contributed by atoms with van der Waals surface area (Å²) in [5, 5.41) is 3.60. The Labute approximate surface area is 147 Å². The van der Waals surface area contributed by atoms with Gasteiger partial charge in [-0.2, -0.15) is 0 Å². The van der Waals surface area contributed by atoms with Crippen LogP contribution in [-0.4, -0.2) is 10.9 Å². The molecule has 3 nitrogen and oxygen atoms in total. The van der Waals surface area contributed by atoms with Crippen LogP contribution in [0.3, 0.4) is 0 Å². The highest BCUT2D eigenvalue weighted by Crippen LogP contribution is 2.29. The highest BCUT2D eigenvalue weighted by atomic mass is 79.9. The maximum atomic E-state index is 12.6. The second-order valence-corrected chi connectivity index (χ2v) is 6.62. The summed E-state index contributed by atoms with van der Waals surface area (Å²) in [6, 6.07) is 20.9. The number of anilines is 1. The van der Waals surface area contributed by atoms with Crippen LogP contribution >= 0.6 is 27.7 Å². The van der Waals surface area contributed by atoms with Gasteiger partial charge in [-0.1, -0.05) is 42.1 Å². The summed E-state index contributed by atoms with van der Waals surface area (Å²) in [5.74, 6) is -0.177. The number of nitrogens with zero attached hydrogens (tertiary/aromatic N) is 1. The molecule has 0 fully saturated rings. The van der Waals surface area contributed by atoms with Gasteiger partial charge in [-0.25, -0.2) is 4.98 Å². The maximum absolute atomic E-state index is 12.6. The largest absolute Gasteiger partial charge is 0.321 e. The van der Waals surface area contributed by atoms with Gasteiger partial charge in [0.25, 0.3) is 5.91 Å². The molecule has 23 heavy (non-hydrogen) atoms. The van der Waals surface area contributed by atoms with Crippen molar-refractivity contribution in [1.82, 2.24) is 4.98 Å². The van der Waals surface area contributed by atoms with Crippen molar-refractivity contribution in [2.24, 2.45) is 0 Å². The molecule has 3 aromatic rings. The van der Waals surface area contributed by atoms with Crippen LogP contribution in [0.1, 0.15) is 10.4 Å². The van der Waals surface area contributed by atoms with Crippen molar-refractivity contribution in [1.29, 1.82) is 0 Å². The fourth-order valence-electron chi connectivity index (χ4n) is 2.00. The molecule has 0 bridgehead atoms. The fraction of sp³-hybridized carbons (Fsp3) is 0. The second-order valence-electron chi connectivity index (χ2n) is 4.71. The van der Waals surface area contributed by atoms with E-state index >= 15 is 0 Å². The molecule has 0 saturated carbocycles. The average molecular weight is 385 g/mol. The van der Waals surface area contributed by atoms with E-state index in [4.69, 9.17) is 0 Å². The number of para-hydroxylation sites is 1. The van der Waals surface area contributed by atoms with Crippen molar-refractivity contribution in [2.75, 3.05) is 5.32 Å². The van der Waals surface area contributed by atoms with Crippen molar-refractivity contribution >= 4 is 39.3 Å². The lowest BCUT2D eigenvalue weighted by atomic mass is 10.2. The van der Waals surface area contributed by atoms with Crippen molar-refractivity contribution in [3.05, 3.63) is 83.0 Å². The number of rotatable bonds is 4. The standard InChI is InChI=1S/C18H13BrN2OS/c19-15-10-4-5-11-16(15)21-17(22)14-9-6-12-20-18(14)23-13-7-2-1-3-8-13/h1-12H,(H,21,22). The van der Waals surface area contributed by atoms with Gasteiger partial charge in [0.1, 0.15) is 5.03 Å². The number of aromatic nitrogens is 1. The van der Waals surface area contributed by atoms with Gasteiger partial charge in [0, 0.05) is 15.6 Å². The Morgan fingerprint density at radius 3 is 2.48 bits per heavy atom. The first-order chi connectivity index (χ1) is 11.2. The minimum absolute atomic E-state index is 0.177. The number of nitrogens with one attached hydrogen (secondary N) is 1. The van der Waals surface area contributed by atoms with Gasteiger partial charge in [-0.05, 0) is 52.3 Å². The molecule has 5 heteroatoms. The summed E-state index contributed by atoms with van der Waals surface area (Å²) >= 11 is 4.91. The van der Waals surface area contributed by atoms with E-state index in [1.807, 2.05) is 54.6 Å². The summed E-state index contributed by atoms with van der Waals surface area (Å²) in [4.78, 5) is 18.0. The zero-order chi connectivity index (χ0) is 16.1. The average Bonchev–Trinajstić information content (AvgIpc) is 2.58. The first-order valence-electron chi connectivity index (χ1n) is 6.98. The number of hydrogen-bond donors (Lipinski definition) is 1. The lowest BCUT2D eigenvalue weighted by molar-refractivity contribution is 0.102. The molecular weight excluding hydrogens is 372 g/mol. The van der Waals surface area contributed by atoms with Crippen molar-refractivity contribution in [2.45, 2.75) is 9.92 Å². The minimum Gasteiger partial charge on any atom is -0.321 e. The molecule has 0 spiro atoms. The molecule has 2 aromatic carbocycles. The molecule has 1 aromatic heterocycles. The van der Waals surface area contributed by atoms with Crippen LogP contribution < -0.4 is 5.32 Å². The molecular formula is C18H13BrN2OS. The number of amides is 1. The summed E-state index contributed by atoms with van der Waals surface area (Å²) in [5.41, 5.74) is 1.29. The van der Waals surface area contributed by atoms with E-state index in [1.165, 1.54) is 11.8 Å². The normalized spacial score (nSPS) is 10.3. The van der Waals surface area contributed by atoms with Crippen molar-refractivity contribution < 1.29 is 4.79 Å². The van der Waals surface area contributed by atoms with E-state index in [-0.39, 0.29) is 5.91 Å². The maximum Gasteiger partial charge on any atom is 0.258 e. The smallest absolute Gasteiger partial charge is 0.258 e. The molecule has 0 aliphatic heterocycles. The summed E-state index contributed by atoms with van der Waals surface area (Å²) < 4.78 is 0.842. The summed E-state index contributed by atoms with van der Waals surface area (Å²) in [6.07, 6.45) is 1.69. The Bertz CT molecular complexity index is 824. The van der Waals surface area contributed by atoms with Crippen LogP contribution in [0.15, 0.2) is 87.3 Å². The van der Waals surface area contributed by atoms with E-state index in [0.29, 0.717) is 10.6 Å². The highest BCUT2D eigenvalue weighted by Gasteiger charge is 2.14. The van der Waals surface area contributed by atoms with Crippen LogP contribution in [0.5, 0.6) is 0 Å². The Morgan fingerprint density at radius 1 is 0.957 bits per heavy atom. The van der Waals surface area contributed by atoms with Gasteiger partial charge < -0.3 is 5.32 Å². The molecule has 1 amide bonds. The zero-order valence-electron chi connectivity index (χ0n) is 12.1. The second kappa shape index (κ2) is 7.44. The van der Waals surface area contributed by atoms with Gasteiger partial charge >= 0.3 is 0 Å². The highest BCUT2D eigenvalue weighted by molar-refractivity contribution is 9.10. The fourth-order valence-corrected chi connectivity index (χ4v) is 3.28. The van der Waals surface area contributed by atoms with Crippen LogP contribution in [0.4, 0.5) is 5.69 Å². The topological polar surface area (TPSA) is 42.0 Å². The predicted octanol–water partition coefficient (Wildman–Crippen LogP) is 5.25. The van der Waals surface area contributed by atoms with Crippen LogP contribution in [0.2, 0.25) is 0 Å². The molecule has 1 heterocycles. The monoisotopic (exact) mass is 384 g/mol. The number of carbonyl (C=O) groups is 1. The summed E-state index contributed by atoms with van der Waals surface area (Å²) in [7, 11) is 0. The summed E-state index contributed by atoms with van der Waals surface area (Å²) in [6.45, 7) is 0. The van der Waals surface area contributed by atoms with E-state index in [9.17, 15) is 4.79 Å². The lowest BCUT2D eigenvalue weighted by Crippen LogP contribution is -2.13. The molecule has 0 radical (unpaired) electrons. The quantitative estimate of drug-likeness (QED) is 0.667. The van der Waals surface area contributed by atoms with E-state index in [0.717, 1.165) is 15.1 Å². The third-order valence-electron chi connectivity index (χ3n) is 3.10. The molecule has 0 atom stereocenters. The van der Waals surface area contributed by atoms with E-state index < -0.39 is 0 Å². The SMILES string of the molecule is O=C(Nc1ccccc1Br)c1cccnc1Sc1ccccc1. The third-order valence-corrected chi connectivity index (χ3v) is 4.81. The Morgan fingerprint density at radius 2 is 1.70 bits per heavy atom. The molecule has 0 unspecified atom stereocenters. The van der Waals surface area contributed by atoms with Crippen molar-refractivity contribution in [3.8, 4) is 0 Å². The molecule has 0 aliphatic rings. The van der Waals surface area contributed by atoms with E-state index in [1.54, 1.807) is 18.3 Å². The molecule has 0 aliphatic carbocycles. The van der Waals surface area contributed by atoms with Crippen LogP contribution in [-0.2, 0) is 0 Å². The number of halogens is 1. The van der Waals surface area contributed by atoms with Crippen molar-refractivity contribution in [3.63, 3.8) is 0 Å². The predicted molar refractivity (Wildman–Crippen MR) is 96.9 cm³/mol. The minimum atomic E-state index is -0.177. The van der Waals surface area contributed by atoms with Crippen LogP contribution in [0, 0.1) is 0 Å². The molecule has 114 valence electrons. The first kappa shape index (κ1) is 15.8. The number of carbonyl (C=O) groups excluding carboxylic acids is 1. The Kier molecular flexibility index (Phi) is 5.10. The molecule has 3 rings (SSSR count). The number of hydrogen-bond acceptors (Lipinski definition) is 3. The van der Waals surface area contributed by atoms with Crippen LogP contribution in [0.25, 0.3) is 0 Å². The Balaban J connectivity index is 1.85. The van der Waals surface area contributed by atoms with Gasteiger partial charge in [0.15, 0.2) is 0 Å². The first-order valence-corrected chi connectivity index (χ1v) is 8.59. The van der Waals surface area contributed by atoms with Gasteiger partial charge in [0.05, 0.1) is 11.3 Å². The third kappa shape index (κ3) is 4.00. The Hall–Kier alpha value is -2.11. The van der Waals surface area contributed by atoms with Gasteiger partial charge in [-0.15, -0.1) is 0 Å². The zero-order valence-corrected chi connectivity index (χ0v) is 14.5. The van der Waals surface area contributed by atoms with E-state index in [2.05, 4.69) is 26.2 Å². The van der Waals surface area contributed by atoms with Gasteiger partial charge in [-0.3, -0.25) is 4.79 Å². The molecule has 0 saturated heterocycles.